The van der Waals surface area contributed by atoms with Gasteiger partial charge in [-0.25, -0.2) is 0 Å². The number of primary amides is 1. The molecule has 8 nitrogen and oxygen atoms in total. The van der Waals surface area contributed by atoms with E-state index in [-0.39, 0.29) is 12.0 Å². The molecule has 1 aliphatic heterocycles. The number of ether oxygens (including phenoxy) is 1. The number of carbonyl (C=O) groups excluding carboxylic acids is 1. The van der Waals surface area contributed by atoms with Gasteiger partial charge in [0.05, 0.1) is 18.2 Å². The Morgan fingerprint density at radius 3 is 2.71 bits per heavy atom. The highest BCUT2D eigenvalue weighted by Crippen LogP contribution is 2.33. The second kappa shape index (κ2) is 11.2. The van der Waals surface area contributed by atoms with Gasteiger partial charge in [-0.05, 0) is 88.4 Å². The fourth-order valence-corrected chi connectivity index (χ4v) is 4.55. The van der Waals surface area contributed by atoms with Gasteiger partial charge in [-0.15, -0.1) is 0 Å². The van der Waals surface area contributed by atoms with Crippen LogP contribution < -0.4 is 10.5 Å². The van der Waals surface area contributed by atoms with Crippen LogP contribution in [0, 0.1) is 11.3 Å². The van der Waals surface area contributed by atoms with Gasteiger partial charge >= 0.3 is 0 Å². The van der Waals surface area contributed by atoms with E-state index in [9.17, 15) is 10.1 Å². The van der Waals surface area contributed by atoms with Crippen molar-refractivity contribution < 1.29 is 14.1 Å². The molecule has 0 radical (unpaired) electrons. The fourth-order valence-electron chi connectivity index (χ4n) is 4.55. The Morgan fingerprint density at radius 2 is 2.00 bits per heavy atom. The Balaban J connectivity index is 0.000000271. The molecule has 0 atom stereocenters. The number of benzene rings is 2. The van der Waals surface area contributed by atoms with Gasteiger partial charge in [0, 0.05) is 11.1 Å². The van der Waals surface area contributed by atoms with E-state index in [0.29, 0.717) is 35.1 Å². The number of hydrogen-bond acceptors (Lipinski definition) is 7. The Bertz CT molecular complexity index is 1220. The van der Waals surface area contributed by atoms with Crippen molar-refractivity contribution in [1.29, 1.82) is 5.26 Å². The molecular weight excluding hydrogens is 442 g/mol. The summed E-state index contributed by atoms with van der Waals surface area (Å²) in [6.45, 7) is 6.39. The maximum Gasteiger partial charge on any atom is 0.258 e. The topological polar surface area (TPSA) is 118 Å². The zero-order valence-corrected chi connectivity index (χ0v) is 20.3. The number of amides is 1. The highest BCUT2D eigenvalue weighted by molar-refractivity contribution is 5.75. The van der Waals surface area contributed by atoms with Crippen molar-refractivity contribution >= 4 is 5.91 Å². The van der Waals surface area contributed by atoms with Crippen LogP contribution in [0.1, 0.15) is 49.8 Å². The minimum Gasteiger partial charge on any atom is -0.490 e. The summed E-state index contributed by atoms with van der Waals surface area (Å²) in [5.41, 5.74) is 9.89. The van der Waals surface area contributed by atoms with Crippen LogP contribution in [0.5, 0.6) is 5.75 Å². The van der Waals surface area contributed by atoms with Crippen molar-refractivity contribution in [3.63, 3.8) is 0 Å². The van der Waals surface area contributed by atoms with Crippen molar-refractivity contribution in [2.24, 2.45) is 5.73 Å². The molecule has 35 heavy (non-hydrogen) atoms. The lowest BCUT2D eigenvalue weighted by Gasteiger charge is -2.11. The standard InChI is InChI=1S/C21H19N3O2.C6H12N2O/c1-13(2)25-19-10-9-15(11-16(19)12-22)21-23-20(24-26-21)18-8-4-6-14-5-3-7-17(14)18;7-6(9)5-8-3-1-2-4-8/h4,6,8-11,13H,3,5,7H2,1-2H3;1-5H2,(H2,7,9). The normalized spacial score (nSPS) is 14.8. The van der Waals surface area contributed by atoms with E-state index < -0.39 is 0 Å². The third-order valence-electron chi connectivity index (χ3n) is 6.10. The minimum absolute atomic E-state index is 0.00290. The molecule has 5 rings (SSSR count). The number of hydrogen-bond donors (Lipinski definition) is 1. The number of nitriles is 1. The summed E-state index contributed by atoms with van der Waals surface area (Å²) >= 11 is 0. The quantitative estimate of drug-likeness (QED) is 0.572. The Kier molecular flexibility index (Phi) is 7.78. The van der Waals surface area contributed by atoms with Gasteiger partial charge in [0.25, 0.3) is 5.89 Å². The Labute approximate surface area is 205 Å². The summed E-state index contributed by atoms with van der Waals surface area (Å²) in [6.07, 6.45) is 5.76. The molecule has 2 N–H and O–H groups in total. The molecule has 182 valence electrons. The van der Waals surface area contributed by atoms with Crippen LogP contribution in [0.3, 0.4) is 0 Å². The van der Waals surface area contributed by atoms with E-state index in [4.69, 9.17) is 15.0 Å². The first kappa shape index (κ1) is 24.4. The first-order valence-electron chi connectivity index (χ1n) is 12.1. The predicted molar refractivity (Wildman–Crippen MR) is 133 cm³/mol. The van der Waals surface area contributed by atoms with Crippen molar-refractivity contribution in [2.45, 2.75) is 52.1 Å². The van der Waals surface area contributed by atoms with Crippen LogP contribution in [0.15, 0.2) is 40.9 Å². The van der Waals surface area contributed by atoms with Gasteiger partial charge in [0.1, 0.15) is 11.8 Å². The largest absolute Gasteiger partial charge is 0.490 e. The third kappa shape index (κ3) is 6.06. The SMILES string of the molecule is CC(C)Oc1ccc(-c2nc(-c3cccc4c3CCC4)no2)cc1C#N.NC(=O)CN1CCCC1. The molecule has 2 aliphatic rings. The smallest absolute Gasteiger partial charge is 0.258 e. The average molecular weight is 474 g/mol. The molecule has 2 heterocycles. The summed E-state index contributed by atoms with van der Waals surface area (Å²) in [4.78, 5) is 17.0. The van der Waals surface area contributed by atoms with E-state index in [1.807, 2.05) is 32.0 Å². The molecule has 0 unspecified atom stereocenters. The summed E-state index contributed by atoms with van der Waals surface area (Å²) in [7, 11) is 0. The minimum atomic E-state index is -0.211. The molecule has 1 aromatic heterocycles. The van der Waals surface area contributed by atoms with E-state index in [2.05, 4.69) is 27.2 Å². The van der Waals surface area contributed by atoms with Crippen molar-refractivity contribution in [1.82, 2.24) is 15.0 Å². The van der Waals surface area contributed by atoms with E-state index in [1.54, 1.807) is 12.1 Å². The molecule has 1 amide bonds. The molecule has 1 saturated heterocycles. The van der Waals surface area contributed by atoms with E-state index >= 15 is 0 Å². The second-order valence-electron chi connectivity index (χ2n) is 9.16. The predicted octanol–water partition coefficient (Wildman–Crippen LogP) is 4.12. The average Bonchev–Trinajstić information content (AvgIpc) is 3.60. The Hall–Kier alpha value is -3.70. The zero-order chi connectivity index (χ0) is 24.8. The number of aromatic nitrogens is 2. The van der Waals surface area contributed by atoms with Crippen LogP contribution in [0.25, 0.3) is 22.8 Å². The first-order chi connectivity index (χ1) is 16.9. The number of aryl methyl sites for hydroxylation is 1. The van der Waals surface area contributed by atoms with E-state index in [0.717, 1.165) is 31.5 Å². The lowest BCUT2D eigenvalue weighted by molar-refractivity contribution is -0.118. The van der Waals surface area contributed by atoms with Gasteiger partial charge in [-0.2, -0.15) is 10.2 Å². The van der Waals surface area contributed by atoms with Crippen molar-refractivity contribution in [3.05, 3.63) is 53.1 Å². The van der Waals surface area contributed by atoms with Gasteiger partial charge in [0.2, 0.25) is 11.7 Å². The molecule has 1 aliphatic carbocycles. The molecule has 0 saturated carbocycles. The van der Waals surface area contributed by atoms with Crippen LogP contribution in [-0.2, 0) is 17.6 Å². The Morgan fingerprint density at radius 1 is 1.20 bits per heavy atom. The summed E-state index contributed by atoms with van der Waals surface area (Å²) < 4.78 is 11.1. The maximum atomic E-state index is 10.3. The summed E-state index contributed by atoms with van der Waals surface area (Å²) in [5, 5.41) is 13.6. The maximum absolute atomic E-state index is 10.3. The zero-order valence-electron chi connectivity index (χ0n) is 20.3. The number of nitrogens with zero attached hydrogens (tertiary/aromatic N) is 4. The molecule has 0 spiro atoms. The molecule has 3 aromatic rings. The van der Waals surface area contributed by atoms with E-state index in [1.165, 1.54) is 30.4 Å². The fraction of sp³-hybridized carbons (Fsp3) is 0.407. The number of nitrogens with two attached hydrogens (primary N) is 1. The number of rotatable bonds is 6. The van der Waals surface area contributed by atoms with Crippen LogP contribution in [-0.4, -0.2) is 46.7 Å². The van der Waals surface area contributed by atoms with Crippen LogP contribution >= 0.6 is 0 Å². The molecule has 0 bridgehead atoms. The van der Waals surface area contributed by atoms with Crippen molar-refractivity contribution in [2.75, 3.05) is 19.6 Å². The second-order valence-corrected chi connectivity index (χ2v) is 9.16. The molecule has 1 fully saturated rings. The molecule has 8 heteroatoms. The van der Waals surface area contributed by atoms with Crippen LogP contribution in [0.2, 0.25) is 0 Å². The van der Waals surface area contributed by atoms with Gasteiger partial charge in [-0.3, -0.25) is 9.69 Å². The molecular formula is C27H31N5O3. The van der Waals surface area contributed by atoms with Gasteiger partial charge in [0.15, 0.2) is 0 Å². The summed E-state index contributed by atoms with van der Waals surface area (Å²) in [5.74, 6) is 1.35. The number of fused-ring (bicyclic) bond motifs is 1. The first-order valence-corrected chi connectivity index (χ1v) is 12.1. The number of likely N-dealkylation sites (tertiary alicyclic amines) is 1. The van der Waals surface area contributed by atoms with Gasteiger partial charge in [-0.1, -0.05) is 23.4 Å². The van der Waals surface area contributed by atoms with Gasteiger partial charge < -0.3 is 15.0 Å². The third-order valence-corrected chi connectivity index (χ3v) is 6.10. The number of carbonyl (C=O) groups is 1. The highest BCUT2D eigenvalue weighted by atomic mass is 16.5. The van der Waals surface area contributed by atoms with Crippen LogP contribution in [0.4, 0.5) is 0 Å². The lowest BCUT2D eigenvalue weighted by Crippen LogP contribution is -2.31. The summed E-state index contributed by atoms with van der Waals surface area (Å²) in [6, 6.07) is 13.8. The molecule has 2 aromatic carbocycles. The lowest BCUT2D eigenvalue weighted by atomic mass is 10.0. The monoisotopic (exact) mass is 473 g/mol. The highest BCUT2D eigenvalue weighted by Gasteiger charge is 2.20. The van der Waals surface area contributed by atoms with Crippen molar-refractivity contribution in [3.8, 4) is 34.7 Å².